The number of rotatable bonds is 5. The Morgan fingerprint density at radius 3 is 1.93 bits per heavy atom. The maximum absolute atomic E-state index is 6.06. The van der Waals surface area contributed by atoms with E-state index >= 15 is 0 Å². The second-order valence-corrected chi connectivity index (χ2v) is 8.92. The van der Waals surface area contributed by atoms with Gasteiger partial charge in [-0.2, -0.15) is 0 Å². The second-order valence-electron chi connectivity index (χ2n) is 8.48. The predicted octanol–water partition coefficient (Wildman–Crippen LogP) is 6.05. The summed E-state index contributed by atoms with van der Waals surface area (Å²) in [6.45, 7) is 2.36. The molecule has 30 heavy (non-hydrogen) atoms. The molecule has 0 aliphatic carbocycles. The molecule has 3 heteroatoms. The molecule has 3 aromatic rings. The summed E-state index contributed by atoms with van der Waals surface area (Å²) in [5.74, 6) is 0.973. The van der Waals surface area contributed by atoms with Gasteiger partial charge < -0.3 is 0 Å². The van der Waals surface area contributed by atoms with Gasteiger partial charge in [0.1, 0.15) is 0 Å². The van der Waals surface area contributed by atoms with Crippen molar-refractivity contribution < 1.29 is 0 Å². The van der Waals surface area contributed by atoms with E-state index in [0.29, 0.717) is 23.9 Å². The molecule has 2 atom stereocenters. The third-order valence-electron chi connectivity index (χ3n) is 6.75. The minimum Gasteiger partial charge on any atom is -0.297 e. The molecule has 2 unspecified atom stereocenters. The molecule has 0 N–H and O–H groups in total. The van der Waals surface area contributed by atoms with Gasteiger partial charge in [-0.1, -0.05) is 84.4 Å². The first-order valence-corrected chi connectivity index (χ1v) is 11.3. The lowest BCUT2D eigenvalue weighted by Gasteiger charge is -2.52. The van der Waals surface area contributed by atoms with Crippen molar-refractivity contribution in [3.8, 4) is 0 Å². The van der Waals surface area contributed by atoms with Gasteiger partial charge in [0.15, 0.2) is 0 Å². The number of hydrogen-bond acceptors (Lipinski definition) is 2. The Balaban J connectivity index is 1.54. The van der Waals surface area contributed by atoms with Gasteiger partial charge in [-0.05, 0) is 60.7 Å². The van der Waals surface area contributed by atoms with Crippen LogP contribution in [0.5, 0.6) is 0 Å². The van der Waals surface area contributed by atoms with Crippen LogP contribution in [-0.4, -0.2) is 36.3 Å². The van der Waals surface area contributed by atoms with Crippen molar-refractivity contribution in [2.75, 3.05) is 13.1 Å². The van der Waals surface area contributed by atoms with E-state index < -0.39 is 0 Å². The van der Waals surface area contributed by atoms with E-state index in [1.807, 2.05) is 24.3 Å². The minimum absolute atomic E-state index is 0.300. The summed E-state index contributed by atoms with van der Waals surface area (Å²) in [5.41, 5.74) is 3.88. The highest BCUT2D eigenvalue weighted by Crippen LogP contribution is 2.43. The van der Waals surface area contributed by atoms with Gasteiger partial charge >= 0.3 is 0 Å². The normalized spacial score (nSPS) is 25.8. The summed E-state index contributed by atoms with van der Waals surface area (Å²) < 4.78 is 0. The van der Waals surface area contributed by atoms with Crippen LogP contribution in [0.2, 0.25) is 5.02 Å². The van der Waals surface area contributed by atoms with Gasteiger partial charge in [0.2, 0.25) is 0 Å². The zero-order chi connectivity index (χ0) is 20.3. The van der Waals surface area contributed by atoms with Gasteiger partial charge in [0, 0.05) is 23.2 Å². The van der Waals surface area contributed by atoms with E-state index in [1.54, 1.807) is 0 Å². The lowest BCUT2D eigenvalue weighted by atomic mass is 9.71. The number of benzene rings is 3. The molecule has 2 bridgehead atoms. The zero-order valence-electron chi connectivity index (χ0n) is 17.1. The quantitative estimate of drug-likeness (QED) is 0.464. The second kappa shape index (κ2) is 8.75. The largest absolute Gasteiger partial charge is 0.297 e. The Hall–Kier alpha value is -2.42. The Kier molecular flexibility index (Phi) is 5.70. The molecule has 3 aliphatic heterocycles. The monoisotopic (exact) mass is 414 g/mol. The fraction of sp³-hybridized carbons (Fsp3) is 0.296. The first-order chi connectivity index (χ1) is 14.8. The summed E-state index contributed by atoms with van der Waals surface area (Å²) >= 11 is 6.06. The molecule has 3 heterocycles. The first kappa shape index (κ1) is 19.5. The average Bonchev–Trinajstić information content (AvgIpc) is 2.82. The molecule has 0 aromatic heterocycles. The number of halogens is 1. The molecule has 3 aromatic carbocycles. The van der Waals surface area contributed by atoms with E-state index in [-0.39, 0.29) is 0 Å². The van der Waals surface area contributed by atoms with Crippen molar-refractivity contribution in [1.29, 1.82) is 0 Å². The van der Waals surface area contributed by atoms with Crippen LogP contribution >= 0.6 is 11.6 Å². The number of fused-ring (bicyclic) bond motifs is 3. The van der Waals surface area contributed by atoms with Crippen LogP contribution in [-0.2, 0) is 0 Å². The van der Waals surface area contributed by atoms with Crippen LogP contribution in [0, 0.1) is 5.92 Å². The van der Waals surface area contributed by atoms with E-state index in [4.69, 9.17) is 16.6 Å². The van der Waals surface area contributed by atoms with Crippen LogP contribution < -0.4 is 0 Å². The van der Waals surface area contributed by atoms with Crippen molar-refractivity contribution in [1.82, 2.24) is 4.90 Å². The molecule has 3 fully saturated rings. The van der Waals surface area contributed by atoms with Crippen LogP contribution in [0.1, 0.15) is 35.4 Å². The highest BCUT2D eigenvalue weighted by molar-refractivity contribution is 6.30. The number of piperidine rings is 3. The van der Waals surface area contributed by atoms with Crippen molar-refractivity contribution in [2.45, 2.75) is 30.8 Å². The maximum Gasteiger partial charge on any atom is 0.0693 e. The summed E-state index contributed by atoms with van der Waals surface area (Å²) in [4.78, 5) is 7.90. The molecule has 0 radical (unpaired) electrons. The smallest absolute Gasteiger partial charge is 0.0693 e. The maximum atomic E-state index is 6.06. The Morgan fingerprint density at radius 2 is 1.37 bits per heavy atom. The lowest BCUT2D eigenvalue weighted by Crippen LogP contribution is -2.59. The van der Waals surface area contributed by atoms with Gasteiger partial charge in [0.25, 0.3) is 0 Å². The topological polar surface area (TPSA) is 15.6 Å². The SMILES string of the molecule is Clc1ccc(/C=N\C2C3CCN(CC3)C2C(c2ccccc2)c2ccccc2)cc1. The average molecular weight is 415 g/mol. The van der Waals surface area contributed by atoms with Crippen LogP contribution in [0.4, 0.5) is 0 Å². The third kappa shape index (κ3) is 3.95. The van der Waals surface area contributed by atoms with Crippen LogP contribution in [0.3, 0.4) is 0 Å². The summed E-state index contributed by atoms with van der Waals surface area (Å²) in [6.07, 6.45) is 4.55. The number of aliphatic imine (C=N–C) groups is 1. The molecule has 2 nitrogen and oxygen atoms in total. The lowest BCUT2D eigenvalue weighted by molar-refractivity contribution is 0.0215. The molecule has 152 valence electrons. The molecule has 3 saturated heterocycles. The van der Waals surface area contributed by atoms with Gasteiger partial charge in [-0.3, -0.25) is 9.89 Å². The summed E-state index contributed by atoms with van der Waals surface area (Å²) in [5, 5.41) is 0.765. The molecule has 0 spiro atoms. The van der Waals surface area contributed by atoms with Crippen LogP contribution in [0.25, 0.3) is 0 Å². The third-order valence-corrected chi connectivity index (χ3v) is 7.01. The fourth-order valence-electron chi connectivity index (χ4n) is 5.30. The highest BCUT2D eigenvalue weighted by atomic mass is 35.5. The first-order valence-electron chi connectivity index (χ1n) is 10.9. The predicted molar refractivity (Wildman–Crippen MR) is 126 cm³/mol. The van der Waals surface area contributed by atoms with E-state index in [0.717, 1.165) is 10.6 Å². The standard InChI is InChI=1S/C27H27ClN2/c28-24-13-11-20(12-14-24)19-29-26-23-15-17-30(18-16-23)27(26)25(21-7-3-1-4-8-21)22-9-5-2-6-10-22/h1-14,19,23,25-27H,15-18H2/b29-19-. The van der Waals surface area contributed by atoms with Crippen molar-refractivity contribution in [3.63, 3.8) is 0 Å². The van der Waals surface area contributed by atoms with Gasteiger partial charge in [0.05, 0.1) is 6.04 Å². The Labute approximate surface area is 184 Å². The molecule has 3 aliphatic rings. The molecule has 0 saturated carbocycles. The minimum atomic E-state index is 0.300. The summed E-state index contributed by atoms with van der Waals surface area (Å²) in [6, 6.07) is 30.6. The van der Waals surface area contributed by atoms with E-state index in [1.165, 1.54) is 37.1 Å². The Bertz CT molecular complexity index is 937. The van der Waals surface area contributed by atoms with Crippen LogP contribution in [0.15, 0.2) is 89.9 Å². The molecular formula is C27H27ClN2. The van der Waals surface area contributed by atoms with Crippen molar-refractivity contribution >= 4 is 17.8 Å². The zero-order valence-corrected chi connectivity index (χ0v) is 17.8. The number of hydrogen-bond donors (Lipinski definition) is 0. The highest BCUT2D eigenvalue weighted by Gasteiger charge is 2.46. The fourth-order valence-corrected chi connectivity index (χ4v) is 5.43. The van der Waals surface area contributed by atoms with Crippen molar-refractivity contribution in [3.05, 3.63) is 107 Å². The Morgan fingerprint density at radius 1 is 0.800 bits per heavy atom. The number of nitrogens with zero attached hydrogens (tertiary/aromatic N) is 2. The van der Waals surface area contributed by atoms with Gasteiger partial charge in [-0.25, -0.2) is 0 Å². The van der Waals surface area contributed by atoms with E-state index in [2.05, 4.69) is 71.8 Å². The molecular weight excluding hydrogens is 388 g/mol. The van der Waals surface area contributed by atoms with Gasteiger partial charge in [-0.15, -0.1) is 0 Å². The molecule has 0 amide bonds. The molecule has 6 rings (SSSR count). The van der Waals surface area contributed by atoms with E-state index in [9.17, 15) is 0 Å². The van der Waals surface area contributed by atoms with Crippen molar-refractivity contribution in [2.24, 2.45) is 10.9 Å². The summed E-state index contributed by atoms with van der Waals surface area (Å²) in [7, 11) is 0.